The fourth-order valence-corrected chi connectivity index (χ4v) is 2.34. The minimum Gasteiger partial charge on any atom is -0.493 e. The molecule has 0 atom stereocenters. The van der Waals surface area contributed by atoms with Gasteiger partial charge in [-0.05, 0) is 25.0 Å². The van der Waals surface area contributed by atoms with E-state index < -0.39 is 5.97 Å². The van der Waals surface area contributed by atoms with E-state index in [1.54, 1.807) is 30.2 Å². The molecule has 0 aromatic heterocycles. The van der Waals surface area contributed by atoms with Gasteiger partial charge in [-0.2, -0.15) is 0 Å². The van der Waals surface area contributed by atoms with Crippen molar-refractivity contribution in [2.24, 2.45) is 5.92 Å². The van der Waals surface area contributed by atoms with Crippen LogP contribution in [0.1, 0.15) is 12.8 Å². The van der Waals surface area contributed by atoms with Crippen LogP contribution in [-0.4, -0.2) is 48.7 Å². The largest absolute Gasteiger partial charge is 0.493 e. The number of rotatable bonds is 5. The molecule has 0 unspecified atom stereocenters. The van der Waals surface area contributed by atoms with E-state index in [-0.39, 0.29) is 18.4 Å². The van der Waals surface area contributed by atoms with Crippen LogP contribution in [0, 0.1) is 5.92 Å². The fraction of sp³-hybridized carbons (Fsp3) is 0.467. The SMILES string of the molecule is COc1ccccc1OCC(=O)N1CCC(C(=O)O)CC1. The predicted molar refractivity (Wildman–Crippen MR) is 75.4 cm³/mol. The number of methoxy groups -OCH3 is 1. The van der Waals surface area contributed by atoms with Crippen LogP contribution >= 0.6 is 0 Å². The van der Waals surface area contributed by atoms with Crippen molar-refractivity contribution in [3.05, 3.63) is 24.3 Å². The van der Waals surface area contributed by atoms with Crippen molar-refractivity contribution < 1.29 is 24.2 Å². The molecule has 1 aromatic carbocycles. The molecule has 1 aliphatic rings. The van der Waals surface area contributed by atoms with E-state index in [4.69, 9.17) is 14.6 Å². The van der Waals surface area contributed by atoms with Gasteiger partial charge in [0.25, 0.3) is 5.91 Å². The van der Waals surface area contributed by atoms with Crippen LogP contribution in [0.3, 0.4) is 0 Å². The summed E-state index contributed by atoms with van der Waals surface area (Å²) in [6.45, 7) is 0.855. The highest BCUT2D eigenvalue weighted by Crippen LogP contribution is 2.26. The quantitative estimate of drug-likeness (QED) is 0.888. The number of nitrogens with zero attached hydrogens (tertiary/aromatic N) is 1. The smallest absolute Gasteiger partial charge is 0.306 e. The minimum atomic E-state index is -0.785. The molecule has 1 aliphatic heterocycles. The summed E-state index contributed by atoms with van der Waals surface area (Å²) < 4.78 is 10.6. The summed E-state index contributed by atoms with van der Waals surface area (Å²) in [6, 6.07) is 7.13. The molecular weight excluding hydrogens is 274 g/mol. The van der Waals surface area contributed by atoms with Gasteiger partial charge >= 0.3 is 5.97 Å². The third-order valence-electron chi connectivity index (χ3n) is 3.62. The van der Waals surface area contributed by atoms with Gasteiger partial charge in [-0.15, -0.1) is 0 Å². The molecule has 0 radical (unpaired) electrons. The molecular formula is C15H19NO5. The number of benzene rings is 1. The second-order valence-electron chi connectivity index (χ2n) is 4.93. The molecule has 114 valence electrons. The molecule has 1 heterocycles. The Morgan fingerprint density at radius 1 is 1.24 bits per heavy atom. The van der Waals surface area contributed by atoms with E-state index in [1.165, 1.54) is 0 Å². The Hall–Kier alpha value is -2.24. The molecule has 1 fully saturated rings. The number of carbonyl (C=O) groups is 2. The Kier molecular flexibility index (Phi) is 5.03. The van der Waals surface area contributed by atoms with Gasteiger partial charge < -0.3 is 19.5 Å². The zero-order chi connectivity index (χ0) is 15.2. The van der Waals surface area contributed by atoms with Crippen LogP contribution in [0.25, 0.3) is 0 Å². The summed E-state index contributed by atoms with van der Waals surface area (Å²) >= 11 is 0. The average molecular weight is 293 g/mol. The van der Waals surface area contributed by atoms with Crippen LogP contribution in [0.4, 0.5) is 0 Å². The molecule has 6 heteroatoms. The summed E-state index contributed by atoms with van der Waals surface area (Å²) in [5.74, 6) is -0.162. The van der Waals surface area contributed by atoms with E-state index in [0.717, 1.165) is 0 Å². The third kappa shape index (κ3) is 3.87. The molecule has 1 saturated heterocycles. The molecule has 1 N–H and O–H groups in total. The number of carbonyl (C=O) groups excluding carboxylic acids is 1. The van der Waals surface area contributed by atoms with E-state index in [9.17, 15) is 9.59 Å². The zero-order valence-corrected chi connectivity index (χ0v) is 11.9. The third-order valence-corrected chi connectivity index (χ3v) is 3.62. The molecule has 1 amide bonds. The summed E-state index contributed by atoms with van der Waals surface area (Å²) in [5, 5.41) is 8.93. The van der Waals surface area contributed by atoms with Crippen LogP contribution in [0.5, 0.6) is 11.5 Å². The molecule has 0 spiro atoms. The molecule has 0 aliphatic carbocycles. The summed E-state index contributed by atoms with van der Waals surface area (Å²) in [6.07, 6.45) is 0.992. The van der Waals surface area contributed by atoms with Crippen molar-refractivity contribution >= 4 is 11.9 Å². The van der Waals surface area contributed by atoms with Gasteiger partial charge in [0.05, 0.1) is 13.0 Å². The number of hydrogen-bond acceptors (Lipinski definition) is 4. The van der Waals surface area contributed by atoms with Gasteiger partial charge in [0.2, 0.25) is 0 Å². The Labute approximate surface area is 123 Å². The fourth-order valence-electron chi connectivity index (χ4n) is 2.34. The number of para-hydroxylation sites is 2. The van der Waals surface area contributed by atoms with Crippen LogP contribution in [-0.2, 0) is 9.59 Å². The number of amides is 1. The van der Waals surface area contributed by atoms with Crippen molar-refractivity contribution in [3.8, 4) is 11.5 Å². The van der Waals surface area contributed by atoms with Gasteiger partial charge in [0.15, 0.2) is 18.1 Å². The second kappa shape index (κ2) is 6.97. The van der Waals surface area contributed by atoms with E-state index >= 15 is 0 Å². The lowest BCUT2D eigenvalue weighted by Gasteiger charge is -2.30. The number of likely N-dealkylation sites (tertiary alicyclic amines) is 1. The number of carboxylic acid groups (broad SMARTS) is 1. The van der Waals surface area contributed by atoms with E-state index in [1.807, 2.05) is 6.07 Å². The Balaban J connectivity index is 1.84. The monoisotopic (exact) mass is 293 g/mol. The highest BCUT2D eigenvalue weighted by molar-refractivity contribution is 5.78. The topological polar surface area (TPSA) is 76.1 Å². The summed E-state index contributed by atoms with van der Waals surface area (Å²) in [4.78, 5) is 24.6. The van der Waals surface area contributed by atoms with Crippen molar-refractivity contribution in [1.29, 1.82) is 0 Å². The molecule has 2 rings (SSSR count). The first-order chi connectivity index (χ1) is 10.1. The Morgan fingerprint density at radius 3 is 2.43 bits per heavy atom. The maximum absolute atomic E-state index is 12.1. The number of carboxylic acids is 1. The average Bonchev–Trinajstić information content (AvgIpc) is 2.52. The number of hydrogen-bond donors (Lipinski definition) is 1. The van der Waals surface area contributed by atoms with Crippen molar-refractivity contribution in [1.82, 2.24) is 4.90 Å². The highest BCUT2D eigenvalue weighted by Gasteiger charge is 2.27. The second-order valence-corrected chi connectivity index (χ2v) is 4.93. The highest BCUT2D eigenvalue weighted by atomic mass is 16.5. The van der Waals surface area contributed by atoms with Crippen LogP contribution < -0.4 is 9.47 Å². The maximum Gasteiger partial charge on any atom is 0.306 e. The van der Waals surface area contributed by atoms with Gasteiger partial charge in [-0.25, -0.2) is 0 Å². The number of ether oxygens (including phenoxy) is 2. The number of piperidine rings is 1. The minimum absolute atomic E-state index is 0.0713. The molecule has 6 nitrogen and oxygen atoms in total. The molecule has 21 heavy (non-hydrogen) atoms. The van der Waals surface area contributed by atoms with E-state index in [2.05, 4.69) is 0 Å². The molecule has 0 bridgehead atoms. The standard InChI is InChI=1S/C15H19NO5/c1-20-12-4-2-3-5-13(12)21-10-14(17)16-8-6-11(7-9-16)15(18)19/h2-5,11H,6-10H2,1H3,(H,18,19). The number of aliphatic carboxylic acids is 1. The van der Waals surface area contributed by atoms with Gasteiger partial charge in [0, 0.05) is 13.1 Å². The summed E-state index contributed by atoms with van der Waals surface area (Å²) in [5.41, 5.74) is 0. The van der Waals surface area contributed by atoms with Crippen molar-refractivity contribution in [2.45, 2.75) is 12.8 Å². The lowest BCUT2D eigenvalue weighted by molar-refractivity contribution is -0.146. The van der Waals surface area contributed by atoms with Crippen LogP contribution in [0.2, 0.25) is 0 Å². The predicted octanol–water partition coefficient (Wildman–Crippen LogP) is 1.40. The van der Waals surface area contributed by atoms with Crippen molar-refractivity contribution in [2.75, 3.05) is 26.8 Å². The van der Waals surface area contributed by atoms with Crippen LogP contribution in [0.15, 0.2) is 24.3 Å². The normalized spacial score (nSPS) is 15.6. The first kappa shape index (κ1) is 15.2. The Morgan fingerprint density at radius 2 is 1.86 bits per heavy atom. The van der Waals surface area contributed by atoms with E-state index in [0.29, 0.717) is 37.4 Å². The van der Waals surface area contributed by atoms with Gasteiger partial charge in [-0.3, -0.25) is 9.59 Å². The first-order valence-corrected chi connectivity index (χ1v) is 6.88. The zero-order valence-electron chi connectivity index (χ0n) is 11.9. The lowest BCUT2D eigenvalue weighted by Crippen LogP contribution is -2.42. The molecule has 1 aromatic rings. The van der Waals surface area contributed by atoms with Gasteiger partial charge in [0.1, 0.15) is 0 Å². The maximum atomic E-state index is 12.1. The lowest BCUT2D eigenvalue weighted by atomic mass is 9.97. The first-order valence-electron chi connectivity index (χ1n) is 6.88. The Bertz CT molecular complexity index is 509. The van der Waals surface area contributed by atoms with Crippen molar-refractivity contribution in [3.63, 3.8) is 0 Å². The summed E-state index contributed by atoms with van der Waals surface area (Å²) in [7, 11) is 1.54. The molecule has 0 saturated carbocycles. The van der Waals surface area contributed by atoms with Gasteiger partial charge in [-0.1, -0.05) is 12.1 Å².